The number of hydrogen-bond acceptors (Lipinski definition) is 1. The van der Waals surface area contributed by atoms with Gasteiger partial charge in [0.25, 0.3) is 0 Å². The fourth-order valence-corrected chi connectivity index (χ4v) is 12.6. The predicted octanol–water partition coefficient (Wildman–Crippen LogP) is 18.2. The Morgan fingerprint density at radius 2 is 0.769 bits per heavy atom. The van der Waals surface area contributed by atoms with Crippen molar-refractivity contribution >= 4 is 58.7 Å². The van der Waals surface area contributed by atoms with Gasteiger partial charge >= 0.3 is 0 Å². The maximum absolute atomic E-state index is 7.73. The average molecular weight is 846 g/mol. The van der Waals surface area contributed by atoms with Crippen molar-refractivity contribution in [2.75, 3.05) is 0 Å². The molecule has 10 aromatic carbocycles. The van der Waals surface area contributed by atoms with E-state index in [0.717, 1.165) is 5.39 Å². The van der Waals surface area contributed by atoms with Gasteiger partial charge < -0.3 is 0 Å². The van der Waals surface area contributed by atoms with E-state index in [1.54, 1.807) is 11.3 Å². The van der Waals surface area contributed by atoms with Gasteiger partial charge in [-0.1, -0.05) is 173 Å². The molecule has 1 aromatic heterocycles. The minimum absolute atomic E-state index is 0.134. The van der Waals surface area contributed by atoms with Crippen LogP contribution in [0.25, 0.3) is 113 Å². The Hall–Kier alpha value is -7.57. The lowest BCUT2D eigenvalue weighted by Gasteiger charge is -2.24. The average Bonchev–Trinajstić information content (AvgIpc) is 3.91. The standard InChI is InChI=1S/C63H43NS/c1-62(2)54-17-11-9-15-44(54)46-25-21-41(34-56(46)62)60-49-28-20-39(40-23-29-58-50(31-40)51-36-43(64-5)24-30-59(51)65-58)33-53(49)61(48-27-19-38(32-52(48)60)37-13-7-6-8-14-37)42-22-26-47-45-16-10-12-18-55(45)63(3,4)57(47)35-42/h6-36H,1-4H3. The summed E-state index contributed by atoms with van der Waals surface area (Å²) in [5, 5.41) is 7.31. The summed E-state index contributed by atoms with van der Waals surface area (Å²) in [5.41, 5.74) is 21.0. The first-order valence-electron chi connectivity index (χ1n) is 22.6. The molecule has 2 aliphatic rings. The van der Waals surface area contributed by atoms with Crippen LogP contribution in [0.3, 0.4) is 0 Å². The molecule has 13 rings (SSSR count). The third kappa shape index (κ3) is 5.49. The Morgan fingerprint density at radius 3 is 1.32 bits per heavy atom. The highest BCUT2D eigenvalue weighted by Gasteiger charge is 2.37. The van der Waals surface area contributed by atoms with Gasteiger partial charge in [-0.3, -0.25) is 0 Å². The van der Waals surface area contributed by atoms with Gasteiger partial charge in [0.05, 0.1) is 6.57 Å². The van der Waals surface area contributed by atoms with Crippen LogP contribution in [0.4, 0.5) is 5.69 Å². The third-order valence-electron chi connectivity index (χ3n) is 14.9. The second-order valence-corrected chi connectivity index (χ2v) is 20.2. The van der Waals surface area contributed by atoms with Crippen LogP contribution in [0.1, 0.15) is 49.9 Å². The largest absolute Gasteiger partial charge is 0.238 e. The van der Waals surface area contributed by atoms with E-state index >= 15 is 0 Å². The van der Waals surface area contributed by atoms with Crippen molar-refractivity contribution in [1.82, 2.24) is 0 Å². The van der Waals surface area contributed by atoms with Gasteiger partial charge in [-0.15, -0.1) is 11.3 Å². The van der Waals surface area contributed by atoms with E-state index in [4.69, 9.17) is 6.57 Å². The predicted molar refractivity (Wildman–Crippen MR) is 277 cm³/mol. The van der Waals surface area contributed by atoms with Crippen molar-refractivity contribution < 1.29 is 0 Å². The van der Waals surface area contributed by atoms with Crippen molar-refractivity contribution in [2.45, 2.75) is 38.5 Å². The smallest absolute Gasteiger partial charge is 0.187 e. The molecule has 11 aromatic rings. The molecule has 2 heteroatoms. The lowest BCUT2D eigenvalue weighted by molar-refractivity contribution is 0.660. The highest BCUT2D eigenvalue weighted by Crippen LogP contribution is 2.54. The molecule has 1 nitrogen and oxygen atoms in total. The Morgan fingerprint density at radius 1 is 0.338 bits per heavy atom. The number of thiophene rings is 1. The van der Waals surface area contributed by atoms with E-state index in [9.17, 15) is 0 Å². The second-order valence-electron chi connectivity index (χ2n) is 19.1. The van der Waals surface area contributed by atoms with Gasteiger partial charge in [-0.2, -0.15) is 0 Å². The Bertz CT molecular complexity index is 3890. The topological polar surface area (TPSA) is 4.36 Å². The first kappa shape index (κ1) is 37.9. The van der Waals surface area contributed by atoms with Crippen LogP contribution in [0.15, 0.2) is 188 Å². The first-order chi connectivity index (χ1) is 31.7. The SMILES string of the molecule is [C-]#[N+]c1ccc2sc3ccc(-c4ccc5c(-c6ccc7c(c6)C(C)(C)c6ccccc6-7)c6cc(-c7ccccc7)ccc6c(-c6ccc7c(c6)C(C)(C)c6ccccc6-7)c5c4)cc3c2c1. The number of hydrogen-bond donors (Lipinski definition) is 0. The van der Waals surface area contributed by atoms with E-state index in [2.05, 4.69) is 215 Å². The molecule has 1 heterocycles. The lowest BCUT2D eigenvalue weighted by Crippen LogP contribution is -2.15. The Balaban J connectivity index is 1.12. The van der Waals surface area contributed by atoms with Crippen LogP contribution < -0.4 is 0 Å². The van der Waals surface area contributed by atoms with Gasteiger partial charge in [0, 0.05) is 20.2 Å². The zero-order valence-corrected chi connectivity index (χ0v) is 37.6. The molecule has 0 N–H and O–H groups in total. The fourth-order valence-electron chi connectivity index (χ4n) is 11.6. The molecule has 0 bridgehead atoms. The summed E-state index contributed by atoms with van der Waals surface area (Å²) < 4.78 is 2.44. The molecule has 0 saturated carbocycles. The summed E-state index contributed by atoms with van der Waals surface area (Å²) in [7, 11) is 0. The quantitative estimate of drug-likeness (QED) is 0.123. The molecule has 306 valence electrons. The van der Waals surface area contributed by atoms with Crippen LogP contribution in [0.5, 0.6) is 0 Å². The molecule has 0 amide bonds. The van der Waals surface area contributed by atoms with Crippen LogP contribution >= 0.6 is 11.3 Å². The zero-order valence-electron chi connectivity index (χ0n) is 36.8. The molecule has 0 atom stereocenters. The van der Waals surface area contributed by atoms with Gasteiger partial charge in [0.15, 0.2) is 5.69 Å². The van der Waals surface area contributed by atoms with Crippen LogP contribution in [0, 0.1) is 6.57 Å². The third-order valence-corrected chi connectivity index (χ3v) is 16.0. The van der Waals surface area contributed by atoms with E-state index in [1.165, 1.54) is 125 Å². The summed E-state index contributed by atoms with van der Waals surface area (Å²) in [6, 6.07) is 70.5. The van der Waals surface area contributed by atoms with Gasteiger partial charge in [0.1, 0.15) is 0 Å². The minimum atomic E-state index is -0.139. The van der Waals surface area contributed by atoms with Crippen LogP contribution in [-0.2, 0) is 10.8 Å². The van der Waals surface area contributed by atoms with E-state index < -0.39 is 0 Å². The minimum Gasteiger partial charge on any atom is -0.238 e. The van der Waals surface area contributed by atoms with Gasteiger partial charge in [-0.25, -0.2) is 4.85 Å². The van der Waals surface area contributed by atoms with Crippen LogP contribution in [-0.4, -0.2) is 0 Å². The first-order valence-corrected chi connectivity index (χ1v) is 23.4. The number of fused-ring (bicyclic) bond motifs is 11. The summed E-state index contributed by atoms with van der Waals surface area (Å²) in [6.45, 7) is 17.2. The molecule has 0 unspecified atom stereocenters. The van der Waals surface area contributed by atoms with E-state index in [1.807, 2.05) is 6.07 Å². The van der Waals surface area contributed by atoms with Crippen molar-refractivity contribution in [3.63, 3.8) is 0 Å². The van der Waals surface area contributed by atoms with Gasteiger partial charge in [0.2, 0.25) is 0 Å². The van der Waals surface area contributed by atoms with Crippen molar-refractivity contribution in [3.8, 4) is 66.8 Å². The van der Waals surface area contributed by atoms with Crippen molar-refractivity contribution in [1.29, 1.82) is 0 Å². The van der Waals surface area contributed by atoms with Gasteiger partial charge in [-0.05, 0) is 164 Å². The lowest BCUT2D eigenvalue weighted by atomic mass is 9.79. The molecule has 0 spiro atoms. The monoisotopic (exact) mass is 845 g/mol. The molecule has 2 aliphatic carbocycles. The Labute approximate surface area is 383 Å². The van der Waals surface area contributed by atoms with Crippen molar-refractivity contribution in [2.24, 2.45) is 0 Å². The number of benzene rings is 10. The molecule has 0 fully saturated rings. The molecule has 0 aliphatic heterocycles. The number of nitrogens with zero attached hydrogens (tertiary/aromatic N) is 1. The maximum atomic E-state index is 7.73. The summed E-state index contributed by atoms with van der Waals surface area (Å²) >= 11 is 1.79. The fraction of sp³-hybridized carbons (Fsp3) is 0.0952. The summed E-state index contributed by atoms with van der Waals surface area (Å²) in [4.78, 5) is 3.78. The summed E-state index contributed by atoms with van der Waals surface area (Å²) in [6.07, 6.45) is 0. The van der Waals surface area contributed by atoms with Crippen LogP contribution in [0.2, 0.25) is 0 Å². The second kappa shape index (κ2) is 13.7. The molecule has 0 saturated heterocycles. The normalized spacial score (nSPS) is 14.1. The highest BCUT2D eigenvalue weighted by atomic mass is 32.1. The Kier molecular flexibility index (Phi) is 8.01. The van der Waals surface area contributed by atoms with Crippen molar-refractivity contribution in [3.05, 3.63) is 222 Å². The van der Waals surface area contributed by atoms with E-state index in [0.29, 0.717) is 5.69 Å². The molecular formula is C63H43NS. The van der Waals surface area contributed by atoms with E-state index in [-0.39, 0.29) is 10.8 Å². The molecule has 0 radical (unpaired) electrons. The molecular weight excluding hydrogens is 803 g/mol. The highest BCUT2D eigenvalue weighted by molar-refractivity contribution is 7.25. The zero-order chi connectivity index (χ0) is 43.8. The number of rotatable bonds is 4. The maximum Gasteiger partial charge on any atom is 0.187 e. The summed E-state index contributed by atoms with van der Waals surface area (Å²) in [5.74, 6) is 0. The molecule has 65 heavy (non-hydrogen) atoms.